The van der Waals surface area contributed by atoms with Crippen LogP contribution in [0.3, 0.4) is 0 Å². The van der Waals surface area contributed by atoms with Gasteiger partial charge in [0.05, 0.1) is 26.0 Å². The van der Waals surface area contributed by atoms with E-state index in [4.69, 9.17) is 4.74 Å². The number of rotatable bonds is 8. The fourth-order valence-electron chi connectivity index (χ4n) is 2.85. The quantitative estimate of drug-likeness (QED) is 0.650. The van der Waals surface area contributed by atoms with E-state index in [0.29, 0.717) is 19.5 Å². The smallest absolute Gasteiger partial charge is 0.275 e. The molecule has 0 bridgehead atoms. The van der Waals surface area contributed by atoms with E-state index in [0.717, 1.165) is 16.9 Å². The van der Waals surface area contributed by atoms with Crippen LogP contribution in [-0.4, -0.2) is 51.6 Å². The van der Waals surface area contributed by atoms with Gasteiger partial charge in [-0.05, 0) is 29.7 Å². The summed E-state index contributed by atoms with van der Waals surface area (Å²) in [6, 6.07) is 17.1. The number of aromatic nitrogens is 3. The van der Waals surface area contributed by atoms with Gasteiger partial charge in [0, 0.05) is 13.6 Å². The van der Waals surface area contributed by atoms with Gasteiger partial charge in [-0.25, -0.2) is 4.68 Å². The molecule has 0 saturated heterocycles. The molecule has 0 fully saturated rings. The standard InChI is InChI=1S/C21H24N4O3/c1-24(13-12-20(26)17-6-4-3-5-7-17)21(27)19-15-25(23-22-19)14-16-8-10-18(28-2)11-9-16/h3-11,15,20,26H,12-14H2,1-2H3/t20-/m0/s1. The number of ether oxygens (including phenoxy) is 1. The topological polar surface area (TPSA) is 80.5 Å². The molecule has 7 nitrogen and oxygen atoms in total. The highest BCUT2D eigenvalue weighted by Crippen LogP contribution is 2.16. The van der Waals surface area contributed by atoms with Crippen LogP contribution < -0.4 is 4.74 Å². The van der Waals surface area contributed by atoms with Crippen LogP contribution in [0.1, 0.15) is 34.1 Å². The monoisotopic (exact) mass is 380 g/mol. The Morgan fingerprint density at radius 3 is 2.57 bits per heavy atom. The zero-order chi connectivity index (χ0) is 19.9. The lowest BCUT2D eigenvalue weighted by atomic mass is 10.1. The fourth-order valence-corrected chi connectivity index (χ4v) is 2.85. The Labute approximate surface area is 164 Å². The predicted octanol–water partition coefficient (Wildman–Crippen LogP) is 2.53. The molecule has 0 unspecified atom stereocenters. The molecule has 1 N–H and O–H groups in total. The Balaban J connectivity index is 1.55. The molecule has 3 aromatic rings. The zero-order valence-corrected chi connectivity index (χ0v) is 16.0. The highest BCUT2D eigenvalue weighted by molar-refractivity contribution is 5.91. The van der Waals surface area contributed by atoms with Crippen molar-refractivity contribution in [2.24, 2.45) is 0 Å². The second-order valence-electron chi connectivity index (χ2n) is 6.59. The molecular weight excluding hydrogens is 356 g/mol. The van der Waals surface area contributed by atoms with E-state index in [9.17, 15) is 9.90 Å². The molecule has 0 aliphatic carbocycles. The molecule has 146 valence electrons. The maximum absolute atomic E-state index is 12.6. The lowest BCUT2D eigenvalue weighted by molar-refractivity contribution is 0.0755. The summed E-state index contributed by atoms with van der Waals surface area (Å²) in [6.45, 7) is 0.931. The van der Waals surface area contributed by atoms with E-state index in [-0.39, 0.29) is 11.6 Å². The number of benzene rings is 2. The van der Waals surface area contributed by atoms with Crippen molar-refractivity contribution in [1.29, 1.82) is 0 Å². The molecule has 1 heterocycles. The molecule has 1 aromatic heterocycles. The summed E-state index contributed by atoms with van der Waals surface area (Å²) in [6.07, 6.45) is 1.48. The molecule has 7 heteroatoms. The van der Waals surface area contributed by atoms with Gasteiger partial charge in [0.25, 0.3) is 5.91 Å². The molecule has 0 spiro atoms. The molecule has 1 amide bonds. The van der Waals surface area contributed by atoms with Crippen LogP contribution in [0.25, 0.3) is 0 Å². The number of nitrogens with zero attached hydrogens (tertiary/aromatic N) is 4. The third kappa shape index (κ3) is 4.95. The molecule has 28 heavy (non-hydrogen) atoms. The highest BCUT2D eigenvalue weighted by atomic mass is 16.5. The van der Waals surface area contributed by atoms with Gasteiger partial charge in [-0.15, -0.1) is 5.10 Å². The fraction of sp³-hybridized carbons (Fsp3) is 0.286. The third-order valence-corrected chi connectivity index (χ3v) is 4.53. The number of hydrogen-bond acceptors (Lipinski definition) is 5. The van der Waals surface area contributed by atoms with Crippen LogP contribution in [0, 0.1) is 0 Å². The first kappa shape index (κ1) is 19.6. The average molecular weight is 380 g/mol. The summed E-state index contributed by atoms with van der Waals surface area (Å²) in [4.78, 5) is 14.1. The van der Waals surface area contributed by atoms with Gasteiger partial charge in [-0.2, -0.15) is 0 Å². The number of carbonyl (C=O) groups excluding carboxylic acids is 1. The molecular formula is C21H24N4O3. The van der Waals surface area contributed by atoms with Crippen LogP contribution in [0.2, 0.25) is 0 Å². The van der Waals surface area contributed by atoms with Crippen molar-refractivity contribution < 1.29 is 14.6 Å². The van der Waals surface area contributed by atoms with Crippen molar-refractivity contribution >= 4 is 5.91 Å². The minimum atomic E-state index is -0.609. The van der Waals surface area contributed by atoms with E-state index in [1.54, 1.807) is 29.9 Å². The Bertz CT molecular complexity index is 894. The van der Waals surface area contributed by atoms with Crippen molar-refractivity contribution in [3.05, 3.63) is 77.6 Å². The van der Waals surface area contributed by atoms with Gasteiger partial charge in [0.1, 0.15) is 5.75 Å². The number of carbonyl (C=O) groups is 1. The summed E-state index contributed by atoms with van der Waals surface area (Å²) in [5.74, 6) is 0.568. The summed E-state index contributed by atoms with van der Waals surface area (Å²) in [7, 11) is 3.32. The highest BCUT2D eigenvalue weighted by Gasteiger charge is 2.17. The molecule has 0 radical (unpaired) electrons. The van der Waals surface area contributed by atoms with Gasteiger partial charge in [0.2, 0.25) is 0 Å². The van der Waals surface area contributed by atoms with E-state index in [2.05, 4.69) is 10.3 Å². The molecule has 2 aromatic carbocycles. The molecule has 3 rings (SSSR count). The third-order valence-electron chi connectivity index (χ3n) is 4.53. The van der Waals surface area contributed by atoms with Crippen molar-refractivity contribution in [3.63, 3.8) is 0 Å². The van der Waals surface area contributed by atoms with Crippen LogP contribution in [0.5, 0.6) is 5.75 Å². The Morgan fingerprint density at radius 1 is 1.18 bits per heavy atom. The average Bonchev–Trinajstić information content (AvgIpc) is 3.20. The van der Waals surface area contributed by atoms with E-state index < -0.39 is 6.10 Å². The second-order valence-corrected chi connectivity index (χ2v) is 6.59. The maximum Gasteiger partial charge on any atom is 0.275 e. The summed E-state index contributed by atoms with van der Waals surface area (Å²) in [5, 5.41) is 18.3. The Morgan fingerprint density at radius 2 is 1.89 bits per heavy atom. The molecule has 0 aliphatic rings. The van der Waals surface area contributed by atoms with E-state index >= 15 is 0 Å². The second kappa shape index (κ2) is 9.14. The number of amides is 1. The van der Waals surface area contributed by atoms with Crippen molar-refractivity contribution in [3.8, 4) is 5.75 Å². The zero-order valence-electron chi connectivity index (χ0n) is 16.0. The lowest BCUT2D eigenvalue weighted by Crippen LogP contribution is -2.29. The molecule has 0 aliphatic heterocycles. The summed E-state index contributed by atoms with van der Waals surface area (Å²) < 4.78 is 6.77. The normalized spacial score (nSPS) is 11.8. The largest absolute Gasteiger partial charge is 0.497 e. The van der Waals surface area contributed by atoms with Crippen molar-refractivity contribution in [2.75, 3.05) is 20.7 Å². The molecule has 0 saturated carbocycles. The van der Waals surface area contributed by atoms with Crippen LogP contribution >= 0.6 is 0 Å². The first-order valence-electron chi connectivity index (χ1n) is 9.08. The Hall–Kier alpha value is -3.19. The summed E-state index contributed by atoms with van der Waals surface area (Å²) in [5.41, 5.74) is 2.16. The number of aliphatic hydroxyl groups excluding tert-OH is 1. The van der Waals surface area contributed by atoms with Crippen molar-refractivity contribution in [2.45, 2.75) is 19.1 Å². The first-order valence-corrected chi connectivity index (χ1v) is 9.08. The lowest BCUT2D eigenvalue weighted by Gasteiger charge is -2.18. The number of methoxy groups -OCH3 is 1. The van der Waals surface area contributed by atoms with E-state index in [1.165, 1.54) is 0 Å². The first-order chi connectivity index (χ1) is 13.6. The minimum absolute atomic E-state index is 0.221. The van der Waals surface area contributed by atoms with Gasteiger partial charge in [-0.3, -0.25) is 4.79 Å². The Kier molecular flexibility index (Phi) is 6.39. The number of hydrogen-bond donors (Lipinski definition) is 1. The maximum atomic E-state index is 12.6. The molecule has 1 atom stereocenters. The number of aliphatic hydroxyl groups is 1. The van der Waals surface area contributed by atoms with Gasteiger partial charge >= 0.3 is 0 Å². The SMILES string of the molecule is COc1ccc(Cn2cc(C(=O)N(C)CC[C@H](O)c3ccccc3)nn2)cc1. The minimum Gasteiger partial charge on any atom is -0.497 e. The van der Waals surface area contributed by atoms with Crippen LogP contribution in [-0.2, 0) is 6.54 Å². The predicted molar refractivity (Wildman–Crippen MR) is 105 cm³/mol. The van der Waals surface area contributed by atoms with E-state index in [1.807, 2.05) is 54.6 Å². The van der Waals surface area contributed by atoms with Gasteiger partial charge < -0.3 is 14.7 Å². The van der Waals surface area contributed by atoms with Crippen molar-refractivity contribution in [1.82, 2.24) is 19.9 Å². The summed E-state index contributed by atoms with van der Waals surface area (Å²) >= 11 is 0. The van der Waals surface area contributed by atoms with Crippen LogP contribution in [0.15, 0.2) is 60.8 Å². The van der Waals surface area contributed by atoms with Gasteiger partial charge in [0.15, 0.2) is 5.69 Å². The van der Waals surface area contributed by atoms with Gasteiger partial charge in [-0.1, -0.05) is 47.7 Å². The van der Waals surface area contributed by atoms with Crippen LogP contribution in [0.4, 0.5) is 0 Å².